The third kappa shape index (κ3) is 5.68. The molecule has 0 unspecified atom stereocenters. The van der Waals surface area contributed by atoms with Gasteiger partial charge in [-0.05, 0) is 37.0 Å². The van der Waals surface area contributed by atoms with E-state index in [9.17, 15) is 18.0 Å². The van der Waals surface area contributed by atoms with Crippen molar-refractivity contribution in [3.05, 3.63) is 29.8 Å². The highest BCUT2D eigenvalue weighted by atomic mass is 32.2. The molecule has 0 bridgehead atoms. The van der Waals surface area contributed by atoms with Gasteiger partial charge in [-0.1, -0.05) is 39.2 Å². The van der Waals surface area contributed by atoms with Crippen molar-refractivity contribution < 1.29 is 22.7 Å². The summed E-state index contributed by atoms with van der Waals surface area (Å²) in [6, 6.07) is 5.53. The van der Waals surface area contributed by atoms with Crippen molar-refractivity contribution in [2.75, 3.05) is 33.4 Å². The summed E-state index contributed by atoms with van der Waals surface area (Å²) in [5.41, 5.74) is 0.220. The first-order valence-corrected chi connectivity index (χ1v) is 12.9. The molecule has 8 nitrogen and oxygen atoms in total. The van der Waals surface area contributed by atoms with Gasteiger partial charge < -0.3 is 15.0 Å². The fourth-order valence-corrected chi connectivity index (χ4v) is 5.79. The Kier molecular flexibility index (Phi) is 8.30. The second-order valence-corrected chi connectivity index (χ2v) is 10.9. The van der Waals surface area contributed by atoms with Gasteiger partial charge in [0.1, 0.15) is 6.04 Å². The van der Waals surface area contributed by atoms with Crippen molar-refractivity contribution in [2.45, 2.75) is 62.9 Å². The Bertz CT molecular complexity index is 906. The van der Waals surface area contributed by atoms with E-state index in [-0.39, 0.29) is 41.4 Å². The first-order valence-electron chi connectivity index (χ1n) is 11.5. The largest absolute Gasteiger partial charge is 0.379 e. The molecule has 1 aliphatic carbocycles. The SMILES string of the molecule is CC(C)[C@H](NC(=O)c1cccc(S(=O)(=O)N2CCOCC2)c1)C(=O)N(C)C1CCCCC1. The van der Waals surface area contributed by atoms with E-state index in [4.69, 9.17) is 4.74 Å². The lowest BCUT2D eigenvalue weighted by molar-refractivity contribution is -0.135. The minimum Gasteiger partial charge on any atom is -0.379 e. The summed E-state index contributed by atoms with van der Waals surface area (Å²) in [4.78, 5) is 28.0. The predicted octanol–water partition coefficient (Wildman–Crippen LogP) is 2.25. The zero-order valence-electron chi connectivity index (χ0n) is 19.2. The molecule has 178 valence electrons. The molecular weight excluding hydrogens is 430 g/mol. The molecule has 1 heterocycles. The summed E-state index contributed by atoms with van der Waals surface area (Å²) >= 11 is 0. The number of morpholine rings is 1. The molecule has 0 radical (unpaired) electrons. The van der Waals surface area contributed by atoms with Gasteiger partial charge in [0, 0.05) is 31.7 Å². The summed E-state index contributed by atoms with van der Waals surface area (Å²) in [6.07, 6.45) is 5.41. The summed E-state index contributed by atoms with van der Waals surface area (Å²) < 4.78 is 32.5. The van der Waals surface area contributed by atoms with E-state index in [0.717, 1.165) is 25.7 Å². The number of amides is 2. The van der Waals surface area contributed by atoms with Crippen LogP contribution in [0.5, 0.6) is 0 Å². The molecule has 1 aliphatic heterocycles. The molecule has 2 aliphatic rings. The molecule has 1 aromatic carbocycles. The minimum absolute atomic E-state index is 0.0683. The normalized spacial score (nSPS) is 19.5. The van der Waals surface area contributed by atoms with Gasteiger partial charge in [0.25, 0.3) is 5.91 Å². The van der Waals surface area contributed by atoms with Gasteiger partial charge in [0.15, 0.2) is 0 Å². The number of hydrogen-bond donors (Lipinski definition) is 1. The van der Waals surface area contributed by atoms with E-state index < -0.39 is 22.0 Å². The van der Waals surface area contributed by atoms with E-state index in [1.54, 1.807) is 17.0 Å². The molecule has 1 saturated carbocycles. The number of nitrogens with zero attached hydrogens (tertiary/aromatic N) is 2. The number of likely N-dealkylation sites (N-methyl/N-ethyl adjacent to an activating group) is 1. The molecule has 0 spiro atoms. The van der Waals surface area contributed by atoms with Gasteiger partial charge in [-0.3, -0.25) is 9.59 Å². The monoisotopic (exact) mass is 465 g/mol. The first kappa shape index (κ1) is 24.7. The molecule has 1 atom stereocenters. The number of rotatable bonds is 7. The van der Waals surface area contributed by atoms with E-state index in [1.165, 1.54) is 22.9 Å². The van der Waals surface area contributed by atoms with E-state index in [2.05, 4.69) is 5.32 Å². The second kappa shape index (κ2) is 10.8. The van der Waals surface area contributed by atoms with E-state index in [0.29, 0.717) is 13.2 Å². The average molecular weight is 466 g/mol. The molecule has 3 rings (SSSR count). The van der Waals surface area contributed by atoms with Crippen LogP contribution in [-0.4, -0.2) is 74.9 Å². The number of hydrogen-bond acceptors (Lipinski definition) is 5. The summed E-state index contributed by atoms with van der Waals surface area (Å²) in [5, 5.41) is 2.85. The van der Waals surface area contributed by atoms with Gasteiger partial charge in [-0.15, -0.1) is 0 Å². The third-order valence-corrected chi connectivity index (χ3v) is 8.29. The van der Waals surface area contributed by atoms with Crippen LogP contribution in [0.4, 0.5) is 0 Å². The van der Waals surface area contributed by atoms with Crippen LogP contribution in [0, 0.1) is 5.92 Å². The standard InChI is InChI=1S/C23H35N3O5S/c1-17(2)21(23(28)25(3)19-9-5-4-6-10-19)24-22(27)18-8-7-11-20(16-18)32(29,30)26-12-14-31-15-13-26/h7-8,11,16-17,19,21H,4-6,9-10,12-15H2,1-3H3,(H,24,27)/t21-/m0/s1. The highest BCUT2D eigenvalue weighted by Crippen LogP contribution is 2.23. The number of carbonyl (C=O) groups excluding carboxylic acids is 2. The highest BCUT2D eigenvalue weighted by Gasteiger charge is 2.32. The topological polar surface area (TPSA) is 96.0 Å². The predicted molar refractivity (Wildman–Crippen MR) is 122 cm³/mol. The van der Waals surface area contributed by atoms with Gasteiger partial charge >= 0.3 is 0 Å². The number of benzene rings is 1. The maximum atomic E-state index is 13.2. The van der Waals surface area contributed by atoms with Crippen molar-refractivity contribution >= 4 is 21.8 Å². The number of carbonyl (C=O) groups is 2. The average Bonchev–Trinajstić information content (AvgIpc) is 2.82. The molecule has 1 saturated heterocycles. The quantitative estimate of drug-likeness (QED) is 0.666. The Morgan fingerprint density at radius 1 is 1.12 bits per heavy atom. The van der Waals surface area contributed by atoms with Crippen LogP contribution < -0.4 is 5.32 Å². The van der Waals surface area contributed by atoms with E-state index >= 15 is 0 Å². The lowest BCUT2D eigenvalue weighted by Crippen LogP contribution is -2.53. The van der Waals surface area contributed by atoms with Crippen LogP contribution >= 0.6 is 0 Å². The number of ether oxygens (including phenoxy) is 1. The summed E-state index contributed by atoms with van der Waals surface area (Å²) in [5.74, 6) is -0.650. The maximum Gasteiger partial charge on any atom is 0.251 e. The van der Waals surface area contributed by atoms with Crippen LogP contribution in [-0.2, 0) is 19.6 Å². The van der Waals surface area contributed by atoms with Crippen molar-refractivity contribution in [2.24, 2.45) is 5.92 Å². The van der Waals surface area contributed by atoms with Crippen LogP contribution in [0.1, 0.15) is 56.3 Å². The Balaban J connectivity index is 1.74. The molecule has 9 heteroatoms. The molecule has 2 amide bonds. The molecule has 1 N–H and O–H groups in total. The highest BCUT2D eigenvalue weighted by molar-refractivity contribution is 7.89. The van der Waals surface area contributed by atoms with Crippen LogP contribution in [0.3, 0.4) is 0 Å². The van der Waals surface area contributed by atoms with E-state index in [1.807, 2.05) is 20.9 Å². The van der Waals surface area contributed by atoms with Gasteiger partial charge in [0.05, 0.1) is 18.1 Å². The maximum absolute atomic E-state index is 13.2. The third-order valence-electron chi connectivity index (χ3n) is 6.39. The Labute approximate surface area is 191 Å². The summed E-state index contributed by atoms with van der Waals surface area (Å²) in [6.45, 7) is 5.08. The zero-order chi connectivity index (χ0) is 23.3. The van der Waals surface area contributed by atoms with Crippen LogP contribution in [0.25, 0.3) is 0 Å². The fourth-order valence-electron chi connectivity index (χ4n) is 4.34. The summed E-state index contributed by atoms with van der Waals surface area (Å²) in [7, 11) is -1.89. The van der Waals surface area contributed by atoms with Crippen molar-refractivity contribution in [3.63, 3.8) is 0 Å². The molecule has 2 fully saturated rings. The second-order valence-electron chi connectivity index (χ2n) is 8.98. The van der Waals surface area contributed by atoms with Crippen LogP contribution in [0.2, 0.25) is 0 Å². The van der Waals surface area contributed by atoms with Crippen molar-refractivity contribution in [3.8, 4) is 0 Å². The van der Waals surface area contributed by atoms with Gasteiger partial charge in [0.2, 0.25) is 15.9 Å². The number of nitrogens with one attached hydrogen (secondary N) is 1. The van der Waals surface area contributed by atoms with Crippen molar-refractivity contribution in [1.29, 1.82) is 0 Å². The fraction of sp³-hybridized carbons (Fsp3) is 0.652. The van der Waals surface area contributed by atoms with Gasteiger partial charge in [-0.25, -0.2) is 8.42 Å². The minimum atomic E-state index is -3.71. The Morgan fingerprint density at radius 2 is 1.78 bits per heavy atom. The van der Waals surface area contributed by atoms with Crippen LogP contribution in [0.15, 0.2) is 29.2 Å². The molecule has 32 heavy (non-hydrogen) atoms. The zero-order valence-corrected chi connectivity index (χ0v) is 20.1. The lowest BCUT2D eigenvalue weighted by atomic mass is 9.93. The Hall–Kier alpha value is -1.97. The number of sulfonamides is 1. The molecule has 0 aromatic heterocycles. The smallest absolute Gasteiger partial charge is 0.251 e. The van der Waals surface area contributed by atoms with Crippen molar-refractivity contribution in [1.82, 2.24) is 14.5 Å². The molecule has 1 aromatic rings. The molecular formula is C23H35N3O5S. The van der Waals surface area contributed by atoms with Gasteiger partial charge in [-0.2, -0.15) is 4.31 Å². The Morgan fingerprint density at radius 3 is 2.41 bits per heavy atom. The first-order chi connectivity index (χ1) is 15.2. The lowest BCUT2D eigenvalue weighted by Gasteiger charge is -2.35.